The quantitative estimate of drug-likeness (QED) is 0.336. The first kappa shape index (κ1) is 20.2. The van der Waals surface area contributed by atoms with E-state index in [9.17, 15) is 9.59 Å². The molecule has 0 aliphatic carbocycles. The number of para-hydroxylation sites is 1. The topological polar surface area (TPSA) is 76.0 Å². The van der Waals surface area contributed by atoms with Gasteiger partial charge in [0.2, 0.25) is 4.77 Å². The number of hydrogen-bond donors (Lipinski definition) is 2. The van der Waals surface area contributed by atoms with Crippen LogP contribution in [0.4, 0.5) is 10.5 Å². The number of carbonyl (C=O) groups excluding carboxylic acids is 2. The van der Waals surface area contributed by atoms with Crippen molar-refractivity contribution in [3.8, 4) is 11.3 Å². The first-order chi connectivity index (χ1) is 15.1. The number of anilines is 1. The third-order valence-electron chi connectivity index (χ3n) is 4.51. The molecule has 0 aliphatic rings. The van der Waals surface area contributed by atoms with Gasteiger partial charge >= 0.3 is 6.03 Å². The van der Waals surface area contributed by atoms with Crippen LogP contribution in [-0.2, 0) is 0 Å². The van der Waals surface area contributed by atoms with E-state index in [1.807, 2.05) is 54.6 Å². The Morgan fingerprint density at radius 2 is 1.39 bits per heavy atom. The zero-order valence-corrected chi connectivity index (χ0v) is 17.2. The number of hydrogen-bond acceptors (Lipinski definition) is 4. The molecule has 0 spiro atoms. The maximum Gasteiger partial charge on any atom is 0.338 e. The lowest BCUT2D eigenvalue weighted by atomic mass is 9.99. The molecule has 4 rings (SSSR count). The predicted octanol–water partition coefficient (Wildman–Crippen LogP) is 5.29. The van der Waals surface area contributed by atoms with Crippen molar-refractivity contribution in [1.29, 1.82) is 0 Å². The van der Waals surface area contributed by atoms with Crippen LogP contribution in [-0.4, -0.2) is 21.5 Å². The van der Waals surface area contributed by atoms with Gasteiger partial charge in [-0.2, -0.15) is 0 Å². The summed E-state index contributed by atoms with van der Waals surface area (Å²) in [5.41, 5.74) is 5.31. The largest absolute Gasteiger partial charge is 0.338 e. The van der Waals surface area contributed by atoms with Gasteiger partial charge in [-0.05, 0) is 24.4 Å². The van der Waals surface area contributed by atoms with Crippen LogP contribution in [0.2, 0.25) is 0 Å². The molecule has 2 N–H and O–H groups in total. The number of ketones is 1. The monoisotopic (exact) mass is 426 g/mol. The molecule has 152 valence electrons. The number of aromatic nitrogens is 2. The Kier molecular flexibility index (Phi) is 5.96. The highest BCUT2D eigenvalue weighted by molar-refractivity contribution is 7.71. The van der Waals surface area contributed by atoms with Gasteiger partial charge in [0.15, 0.2) is 5.78 Å². The molecule has 7 heteroatoms. The van der Waals surface area contributed by atoms with E-state index in [0.717, 1.165) is 5.56 Å². The highest BCUT2D eigenvalue weighted by Gasteiger charge is 2.18. The van der Waals surface area contributed by atoms with Gasteiger partial charge in [0.1, 0.15) is 0 Å². The fourth-order valence-electron chi connectivity index (χ4n) is 3.05. The molecule has 1 heterocycles. The van der Waals surface area contributed by atoms with Crippen LogP contribution in [0.25, 0.3) is 11.3 Å². The van der Waals surface area contributed by atoms with Gasteiger partial charge in [0.05, 0.1) is 11.3 Å². The number of benzene rings is 3. The fourth-order valence-corrected chi connectivity index (χ4v) is 3.24. The molecule has 0 aliphatic heterocycles. The molecule has 0 bridgehead atoms. The van der Waals surface area contributed by atoms with Crippen molar-refractivity contribution in [2.45, 2.75) is 0 Å². The molecule has 0 fully saturated rings. The Bertz CT molecular complexity index is 1270. The third kappa shape index (κ3) is 4.73. The summed E-state index contributed by atoms with van der Waals surface area (Å²) in [5.74, 6) is -0.221. The lowest BCUT2D eigenvalue weighted by molar-refractivity contribution is 0.103. The van der Waals surface area contributed by atoms with Crippen LogP contribution < -0.4 is 10.7 Å². The minimum absolute atomic E-state index is 0.117. The molecule has 31 heavy (non-hydrogen) atoms. The highest BCUT2D eigenvalue weighted by atomic mass is 32.1. The number of nitrogens with one attached hydrogen (secondary N) is 2. The van der Waals surface area contributed by atoms with Gasteiger partial charge < -0.3 is 5.32 Å². The van der Waals surface area contributed by atoms with Crippen LogP contribution in [0, 0.1) is 4.77 Å². The molecule has 1 aromatic heterocycles. The molecule has 2 amide bonds. The number of amides is 2. The zero-order chi connectivity index (χ0) is 21.6. The molecule has 3 aromatic carbocycles. The van der Waals surface area contributed by atoms with E-state index in [2.05, 4.69) is 15.7 Å². The summed E-state index contributed by atoms with van der Waals surface area (Å²) in [5, 5.41) is 2.71. The second-order valence-electron chi connectivity index (χ2n) is 6.65. The molecule has 0 unspecified atom stereocenters. The second kappa shape index (κ2) is 9.15. The molecule has 0 radical (unpaired) electrons. The summed E-state index contributed by atoms with van der Waals surface area (Å²) < 4.78 is 1.39. The normalized spacial score (nSPS) is 10.3. The lowest BCUT2D eigenvalue weighted by Gasteiger charge is -2.14. The van der Waals surface area contributed by atoms with Gasteiger partial charge in [0, 0.05) is 23.0 Å². The smallest absolute Gasteiger partial charge is 0.307 e. The summed E-state index contributed by atoms with van der Waals surface area (Å²) in [4.78, 5) is 30.2. The standard InChI is InChI=1S/C24H18N4O2S/c29-22(18-12-6-2-7-13-18)20-16-28(27-23(30)25-19-14-8-3-9-15-19)24(31)26-21(20)17-10-4-1-5-11-17/h1-16H,(H2,25,27,30). The summed E-state index contributed by atoms with van der Waals surface area (Å²) >= 11 is 5.38. The number of carbonyl (C=O) groups is 2. The van der Waals surface area contributed by atoms with E-state index in [1.54, 1.807) is 36.4 Å². The van der Waals surface area contributed by atoms with Crippen molar-refractivity contribution in [2.75, 3.05) is 10.7 Å². The lowest BCUT2D eigenvalue weighted by Crippen LogP contribution is -2.29. The van der Waals surface area contributed by atoms with E-state index < -0.39 is 6.03 Å². The summed E-state index contributed by atoms with van der Waals surface area (Å²) in [6.07, 6.45) is 1.51. The third-order valence-corrected chi connectivity index (χ3v) is 4.80. The van der Waals surface area contributed by atoms with Gasteiger partial charge in [-0.15, -0.1) is 0 Å². The Labute approximate surface area is 184 Å². The van der Waals surface area contributed by atoms with Crippen LogP contribution in [0.3, 0.4) is 0 Å². The molecule has 0 atom stereocenters. The van der Waals surface area contributed by atoms with Crippen molar-refractivity contribution in [3.05, 3.63) is 113 Å². The van der Waals surface area contributed by atoms with Gasteiger partial charge in [-0.25, -0.2) is 19.9 Å². The Morgan fingerprint density at radius 1 is 0.806 bits per heavy atom. The molecule has 0 saturated carbocycles. The van der Waals surface area contributed by atoms with Crippen LogP contribution in [0.1, 0.15) is 15.9 Å². The Hall–Kier alpha value is -4.10. The van der Waals surface area contributed by atoms with E-state index >= 15 is 0 Å². The van der Waals surface area contributed by atoms with Crippen molar-refractivity contribution < 1.29 is 9.59 Å². The number of urea groups is 1. The second-order valence-corrected chi connectivity index (χ2v) is 7.01. The summed E-state index contributed by atoms with van der Waals surface area (Å²) in [7, 11) is 0. The Balaban J connectivity index is 1.73. The SMILES string of the molecule is O=C(Nc1ccccc1)Nn1cc(C(=O)c2ccccc2)c(-c2ccccc2)nc1=S. The summed E-state index contributed by atoms with van der Waals surface area (Å²) in [6.45, 7) is 0. The van der Waals surface area contributed by atoms with Crippen LogP contribution >= 0.6 is 12.2 Å². The van der Waals surface area contributed by atoms with E-state index in [0.29, 0.717) is 22.5 Å². The van der Waals surface area contributed by atoms with Gasteiger partial charge in [-0.1, -0.05) is 78.9 Å². The minimum Gasteiger partial charge on any atom is -0.307 e. The van der Waals surface area contributed by atoms with Gasteiger partial charge in [0.25, 0.3) is 0 Å². The first-order valence-electron chi connectivity index (χ1n) is 9.54. The molecular formula is C24H18N4O2S. The maximum absolute atomic E-state index is 13.3. The van der Waals surface area contributed by atoms with Crippen molar-refractivity contribution in [2.24, 2.45) is 0 Å². The average Bonchev–Trinajstić information content (AvgIpc) is 2.81. The minimum atomic E-state index is -0.505. The molecule has 0 saturated heterocycles. The van der Waals surface area contributed by atoms with Crippen molar-refractivity contribution >= 4 is 29.7 Å². The van der Waals surface area contributed by atoms with Crippen molar-refractivity contribution in [1.82, 2.24) is 9.66 Å². The highest BCUT2D eigenvalue weighted by Crippen LogP contribution is 2.23. The number of nitrogens with zero attached hydrogens (tertiary/aromatic N) is 2. The van der Waals surface area contributed by atoms with Crippen LogP contribution in [0.15, 0.2) is 97.2 Å². The molecular weight excluding hydrogens is 408 g/mol. The van der Waals surface area contributed by atoms with Gasteiger partial charge in [-0.3, -0.25) is 4.79 Å². The van der Waals surface area contributed by atoms with E-state index in [1.165, 1.54) is 10.9 Å². The molecule has 6 nitrogen and oxygen atoms in total. The molecule has 4 aromatic rings. The first-order valence-corrected chi connectivity index (χ1v) is 9.94. The van der Waals surface area contributed by atoms with Crippen molar-refractivity contribution in [3.63, 3.8) is 0 Å². The predicted molar refractivity (Wildman–Crippen MR) is 123 cm³/mol. The zero-order valence-electron chi connectivity index (χ0n) is 16.4. The van der Waals surface area contributed by atoms with E-state index in [4.69, 9.17) is 12.2 Å². The average molecular weight is 427 g/mol. The Morgan fingerprint density at radius 3 is 2.03 bits per heavy atom. The fraction of sp³-hybridized carbons (Fsp3) is 0. The summed E-state index contributed by atoms with van der Waals surface area (Å²) in [6, 6.07) is 26.7. The van der Waals surface area contributed by atoms with E-state index in [-0.39, 0.29) is 10.6 Å². The van der Waals surface area contributed by atoms with Crippen LogP contribution in [0.5, 0.6) is 0 Å². The number of rotatable bonds is 5. The maximum atomic E-state index is 13.3.